The number of allylic oxidation sites excluding steroid dienone is 5. The highest BCUT2D eigenvalue weighted by atomic mass is 16.4. The van der Waals surface area contributed by atoms with Crippen LogP contribution in [0, 0.1) is 4.91 Å². The number of hydrogen-bond acceptors (Lipinski definition) is 3. The molecule has 23 heavy (non-hydrogen) atoms. The fourth-order valence-corrected chi connectivity index (χ4v) is 2.15. The number of hydrogen-bond donors (Lipinski definition) is 1. The van der Waals surface area contributed by atoms with Gasteiger partial charge < -0.3 is 5.11 Å². The molecule has 0 aromatic heterocycles. The Balaban J connectivity index is 3.41. The number of nitroso groups, excluding NO2 is 1. The summed E-state index contributed by atoms with van der Waals surface area (Å²) in [7, 11) is 0. The molecule has 0 radical (unpaired) electrons. The first-order valence-corrected chi connectivity index (χ1v) is 7.73. The van der Waals surface area contributed by atoms with Gasteiger partial charge in [0.05, 0.1) is 5.56 Å². The smallest absolute Gasteiger partial charge is 0.335 e. The Labute approximate surface area is 137 Å². The Kier molecular flexibility index (Phi) is 7.67. The normalized spacial score (nSPS) is 12.7. The number of carboxylic acids is 1. The lowest BCUT2D eigenvalue weighted by Gasteiger charge is -2.10. The van der Waals surface area contributed by atoms with Crippen molar-refractivity contribution >= 4 is 11.5 Å². The third kappa shape index (κ3) is 5.66. The lowest BCUT2D eigenvalue weighted by atomic mass is 9.94. The van der Waals surface area contributed by atoms with E-state index in [2.05, 4.69) is 5.18 Å². The third-order valence-electron chi connectivity index (χ3n) is 3.44. The highest BCUT2D eigenvalue weighted by Gasteiger charge is 2.09. The highest BCUT2D eigenvalue weighted by molar-refractivity contribution is 5.90. The van der Waals surface area contributed by atoms with Crippen molar-refractivity contribution in [3.05, 3.63) is 69.7 Å². The van der Waals surface area contributed by atoms with Gasteiger partial charge in [0.2, 0.25) is 0 Å². The average molecular weight is 313 g/mol. The fraction of sp³-hybridized carbons (Fsp3) is 0.316. The van der Waals surface area contributed by atoms with E-state index in [4.69, 9.17) is 0 Å². The Morgan fingerprint density at radius 3 is 2.57 bits per heavy atom. The maximum absolute atomic E-state index is 11.2. The van der Waals surface area contributed by atoms with Gasteiger partial charge in [0, 0.05) is 0 Å². The topological polar surface area (TPSA) is 66.7 Å². The van der Waals surface area contributed by atoms with Crippen LogP contribution in [-0.2, 0) is 6.42 Å². The van der Waals surface area contributed by atoms with Gasteiger partial charge in [-0.05, 0) is 54.2 Å². The molecule has 0 heterocycles. The minimum absolute atomic E-state index is 0.150. The molecule has 0 spiro atoms. The Bertz CT molecular complexity index is 655. The molecule has 0 unspecified atom stereocenters. The zero-order valence-corrected chi connectivity index (χ0v) is 13.9. The van der Waals surface area contributed by atoms with Crippen molar-refractivity contribution in [1.29, 1.82) is 0 Å². The molecule has 1 aromatic carbocycles. The van der Waals surface area contributed by atoms with E-state index < -0.39 is 5.97 Å². The zero-order valence-electron chi connectivity index (χ0n) is 13.9. The van der Waals surface area contributed by atoms with Crippen LogP contribution in [-0.4, -0.2) is 17.6 Å². The molecule has 0 saturated heterocycles. The zero-order chi connectivity index (χ0) is 17.2. The Hall–Kier alpha value is -2.49. The maximum atomic E-state index is 11.2. The van der Waals surface area contributed by atoms with E-state index in [0.29, 0.717) is 0 Å². The molecule has 1 aromatic rings. The van der Waals surface area contributed by atoms with Crippen LogP contribution >= 0.6 is 0 Å². The van der Waals surface area contributed by atoms with E-state index in [0.717, 1.165) is 35.1 Å². The molecule has 1 rings (SSSR count). The number of benzene rings is 1. The second-order valence-electron chi connectivity index (χ2n) is 5.26. The van der Waals surface area contributed by atoms with Crippen LogP contribution in [0.5, 0.6) is 0 Å². The third-order valence-corrected chi connectivity index (χ3v) is 3.44. The molecule has 0 bridgehead atoms. The lowest BCUT2D eigenvalue weighted by molar-refractivity contribution is 0.0697. The van der Waals surface area contributed by atoms with Gasteiger partial charge in [0.25, 0.3) is 0 Å². The lowest BCUT2D eigenvalue weighted by Crippen LogP contribution is -2.00. The number of aromatic carboxylic acids is 1. The first-order valence-electron chi connectivity index (χ1n) is 7.73. The minimum atomic E-state index is -0.940. The van der Waals surface area contributed by atoms with Gasteiger partial charge in [0.1, 0.15) is 6.54 Å². The molecule has 0 aliphatic heterocycles. The second-order valence-corrected chi connectivity index (χ2v) is 5.26. The van der Waals surface area contributed by atoms with E-state index in [9.17, 15) is 14.8 Å². The molecule has 0 fully saturated rings. The largest absolute Gasteiger partial charge is 0.478 e. The Morgan fingerprint density at radius 2 is 2.00 bits per heavy atom. The second kappa shape index (κ2) is 9.51. The first-order chi connectivity index (χ1) is 11.0. The summed E-state index contributed by atoms with van der Waals surface area (Å²) in [4.78, 5) is 21.6. The molecule has 0 aliphatic carbocycles. The number of rotatable bonds is 8. The summed E-state index contributed by atoms with van der Waals surface area (Å²) in [5.41, 5.74) is 4.04. The summed E-state index contributed by atoms with van der Waals surface area (Å²) >= 11 is 0. The van der Waals surface area contributed by atoms with Crippen LogP contribution in [0.2, 0.25) is 0 Å². The van der Waals surface area contributed by atoms with Crippen LogP contribution in [0.15, 0.2) is 53.3 Å². The molecule has 4 nitrogen and oxygen atoms in total. The molecule has 0 aliphatic rings. The molecule has 0 amide bonds. The van der Waals surface area contributed by atoms with Crippen molar-refractivity contribution in [1.82, 2.24) is 0 Å². The van der Waals surface area contributed by atoms with Crippen molar-refractivity contribution in [2.24, 2.45) is 5.18 Å². The summed E-state index contributed by atoms with van der Waals surface area (Å²) in [5, 5.41) is 12.1. The van der Waals surface area contributed by atoms with E-state index in [1.54, 1.807) is 12.1 Å². The van der Waals surface area contributed by atoms with E-state index in [1.165, 1.54) is 0 Å². The number of nitrogens with zero attached hydrogens (tertiary/aromatic N) is 1. The van der Waals surface area contributed by atoms with E-state index >= 15 is 0 Å². The van der Waals surface area contributed by atoms with Crippen molar-refractivity contribution < 1.29 is 9.90 Å². The molecule has 0 atom stereocenters. The SMILES string of the molecule is CC\C=C/C(=C\C=C(/C)CN=O)c1cc(C(=O)O)ccc1CC. The van der Waals surface area contributed by atoms with Crippen molar-refractivity contribution in [2.45, 2.75) is 33.6 Å². The van der Waals surface area contributed by atoms with E-state index in [1.807, 2.05) is 51.1 Å². The van der Waals surface area contributed by atoms with Crippen LogP contribution in [0.3, 0.4) is 0 Å². The average Bonchev–Trinajstić information content (AvgIpc) is 2.54. The van der Waals surface area contributed by atoms with E-state index in [-0.39, 0.29) is 12.1 Å². The molecule has 122 valence electrons. The molecular formula is C19H23NO3. The first kappa shape index (κ1) is 18.6. The molecule has 4 heteroatoms. The summed E-state index contributed by atoms with van der Waals surface area (Å²) in [5.74, 6) is -0.940. The molecular weight excluding hydrogens is 290 g/mol. The summed E-state index contributed by atoms with van der Waals surface area (Å²) in [6.07, 6.45) is 9.47. The van der Waals surface area contributed by atoms with Crippen molar-refractivity contribution in [3.8, 4) is 0 Å². The number of carbonyl (C=O) groups is 1. The van der Waals surface area contributed by atoms with Gasteiger partial charge in [-0.2, -0.15) is 4.91 Å². The highest BCUT2D eigenvalue weighted by Crippen LogP contribution is 2.24. The predicted molar refractivity (Wildman–Crippen MR) is 94.6 cm³/mol. The van der Waals surface area contributed by atoms with Gasteiger partial charge in [-0.15, -0.1) is 0 Å². The van der Waals surface area contributed by atoms with Crippen LogP contribution in [0.1, 0.15) is 48.7 Å². The Morgan fingerprint density at radius 1 is 1.26 bits per heavy atom. The van der Waals surface area contributed by atoms with Crippen LogP contribution in [0.25, 0.3) is 5.57 Å². The maximum Gasteiger partial charge on any atom is 0.335 e. The standard InChI is InChI=1S/C19H23NO3/c1-4-6-7-16(9-8-14(3)13-20-23)18-12-17(19(21)22)11-10-15(18)5-2/h6-12H,4-5,13H2,1-3H3,(H,21,22)/b7-6-,14-8+,16-9+. The van der Waals surface area contributed by atoms with Gasteiger partial charge in [0.15, 0.2) is 0 Å². The fourth-order valence-electron chi connectivity index (χ4n) is 2.15. The van der Waals surface area contributed by atoms with Gasteiger partial charge >= 0.3 is 5.97 Å². The van der Waals surface area contributed by atoms with Crippen molar-refractivity contribution in [3.63, 3.8) is 0 Å². The molecule has 1 N–H and O–H groups in total. The van der Waals surface area contributed by atoms with Crippen molar-refractivity contribution in [2.75, 3.05) is 6.54 Å². The summed E-state index contributed by atoms with van der Waals surface area (Å²) < 4.78 is 0. The number of carboxylic acid groups (broad SMARTS) is 1. The van der Waals surface area contributed by atoms with Crippen LogP contribution < -0.4 is 0 Å². The predicted octanol–water partition coefficient (Wildman–Crippen LogP) is 5.01. The van der Waals surface area contributed by atoms with Gasteiger partial charge in [-0.1, -0.05) is 49.4 Å². The monoisotopic (exact) mass is 313 g/mol. The van der Waals surface area contributed by atoms with Crippen LogP contribution in [0.4, 0.5) is 0 Å². The van der Waals surface area contributed by atoms with Gasteiger partial charge in [-0.25, -0.2) is 4.79 Å². The quantitative estimate of drug-likeness (QED) is 0.542. The molecule has 0 saturated carbocycles. The van der Waals surface area contributed by atoms with Gasteiger partial charge in [-0.3, -0.25) is 0 Å². The minimum Gasteiger partial charge on any atom is -0.478 e. The summed E-state index contributed by atoms with van der Waals surface area (Å²) in [6, 6.07) is 5.19. The number of aryl methyl sites for hydroxylation is 1. The summed E-state index contributed by atoms with van der Waals surface area (Å²) in [6.45, 7) is 6.07.